The fraction of sp³-hybridized carbons (Fsp3) is 0.273. The van der Waals surface area contributed by atoms with Crippen LogP contribution in [0, 0.1) is 5.82 Å². The number of H-pyrrole nitrogens is 1. The summed E-state index contributed by atoms with van der Waals surface area (Å²) in [4.78, 5) is 29.4. The number of anilines is 1. The Balaban J connectivity index is 1.26. The molecule has 10 heteroatoms. The van der Waals surface area contributed by atoms with E-state index in [1.165, 1.54) is 16.4 Å². The van der Waals surface area contributed by atoms with Crippen LogP contribution in [0.4, 0.5) is 10.1 Å². The van der Waals surface area contributed by atoms with Crippen LogP contribution in [0.15, 0.2) is 59.6 Å². The first-order chi connectivity index (χ1) is 15.3. The maximum absolute atomic E-state index is 13.1. The van der Waals surface area contributed by atoms with Crippen molar-refractivity contribution in [2.45, 2.75) is 17.7 Å². The predicted octanol–water partition coefficient (Wildman–Crippen LogP) is 2.56. The summed E-state index contributed by atoms with van der Waals surface area (Å²) >= 11 is 0. The first-order valence-electron chi connectivity index (χ1n) is 10.2. The number of nitrogens with zero attached hydrogens (tertiary/aromatic N) is 2. The first kappa shape index (κ1) is 22.0. The Morgan fingerprint density at radius 3 is 2.41 bits per heavy atom. The highest BCUT2D eigenvalue weighted by molar-refractivity contribution is 7.89. The van der Waals surface area contributed by atoms with Crippen molar-refractivity contribution in [3.8, 4) is 0 Å². The van der Waals surface area contributed by atoms with Gasteiger partial charge in [-0.25, -0.2) is 12.8 Å². The van der Waals surface area contributed by atoms with Gasteiger partial charge in [0.15, 0.2) is 0 Å². The van der Waals surface area contributed by atoms with Crippen LogP contribution in [0.3, 0.4) is 0 Å². The third-order valence-corrected chi connectivity index (χ3v) is 7.36. The number of sulfonamides is 1. The number of hydrogen-bond acceptors (Lipinski definition) is 4. The number of aromatic amines is 1. The summed E-state index contributed by atoms with van der Waals surface area (Å²) < 4.78 is 39.7. The van der Waals surface area contributed by atoms with Crippen molar-refractivity contribution in [1.82, 2.24) is 14.2 Å². The van der Waals surface area contributed by atoms with Gasteiger partial charge in [0.1, 0.15) is 5.82 Å². The second-order valence-electron chi connectivity index (χ2n) is 7.57. The molecule has 2 N–H and O–H groups in total. The molecule has 168 valence electrons. The van der Waals surface area contributed by atoms with Gasteiger partial charge < -0.3 is 15.2 Å². The van der Waals surface area contributed by atoms with Crippen LogP contribution in [0.5, 0.6) is 0 Å². The average Bonchev–Trinajstić information content (AvgIpc) is 3.26. The molecule has 32 heavy (non-hydrogen) atoms. The molecule has 0 spiro atoms. The normalized spacial score (nSPS) is 15.1. The van der Waals surface area contributed by atoms with E-state index in [1.54, 1.807) is 11.0 Å². The molecule has 2 heterocycles. The molecule has 1 fully saturated rings. The molecule has 0 saturated carbocycles. The zero-order valence-electron chi connectivity index (χ0n) is 17.3. The maximum atomic E-state index is 13.1. The van der Waals surface area contributed by atoms with E-state index in [0.29, 0.717) is 5.69 Å². The zero-order valence-corrected chi connectivity index (χ0v) is 18.1. The van der Waals surface area contributed by atoms with Crippen molar-refractivity contribution in [2.75, 3.05) is 31.5 Å². The van der Waals surface area contributed by atoms with E-state index < -0.39 is 15.8 Å². The second kappa shape index (κ2) is 9.09. The van der Waals surface area contributed by atoms with Crippen molar-refractivity contribution in [1.29, 1.82) is 0 Å². The number of amides is 2. The van der Waals surface area contributed by atoms with Gasteiger partial charge in [0, 0.05) is 61.8 Å². The molecular weight excluding hydrogens is 435 g/mol. The lowest BCUT2D eigenvalue weighted by Crippen LogP contribution is -2.50. The summed E-state index contributed by atoms with van der Waals surface area (Å²) in [5.41, 5.74) is 1.63. The fourth-order valence-electron chi connectivity index (χ4n) is 3.67. The topological polar surface area (TPSA) is 103 Å². The highest BCUT2D eigenvalue weighted by Crippen LogP contribution is 2.20. The van der Waals surface area contributed by atoms with E-state index >= 15 is 0 Å². The predicted molar refractivity (Wildman–Crippen MR) is 118 cm³/mol. The van der Waals surface area contributed by atoms with Gasteiger partial charge in [0.2, 0.25) is 21.8 Å². The Morgan fingerprint density at radius 1 is 0.969 bits per heavy atom. The molecule has 1 aliphatic heterocycles. The number of nitrogens with one attached hydrogen (secondary N) is 2. The number of fused-ring (bicyclic) bond motifs is 1. The lowest BCUT2D eigenvalue weighted by atomic mass is 10.2. The van der Waals surface area contributed by atoms with Crippen molar-refractivity contribution < 1.29 is 22.4 Å². The van der Waals surface area contributed by atoms with Crippen LogP contribution in [0.25, 0.3) is 10.9 Å². The number of halogens is 1. The monoisotopic (exact) mass is 458 g/mol. The number of hydrogen-bond donors (Lipinski definition) is 2. The summed E-state index contributed by atoms with van der Waals surface area (Å²) in [6.45, 7) is 0.777. The van der Waals surface area contributed by atoms with Crippen LogP contribution < -0.4 is 5.32 Å². The standard InChI is InChI=1S/C22H23FN4O4S/c23-17-1-4-19(5-2-17)32(30,31)27-13-11-26(12-14-27)22(29)8-7-21(28)25-18-3-6-20-16(15-18)9-10-24-20/h1-6,9-10,15,24H,7-8,11-14H2,(H,25,28). The van der Waals surface area contributed by atoms with Gasteiger partial charge in [0.05, 0.1) is 4.90 Å². The fourth-order valence-corrected chi connectivity index (χ4v) is 5.09. The Morgan fingerprint density at radius 2 is 1.69 bits per heavy atom. The Hall–Kier alpha value is -3.24. The van der Waals surface area contributed by atoms with Crippen molar-refractivity contribution >= 4 is 38.4 Å². The summed E-state index contributed by atoms with van der Waals surface area (Å²) in [6.07, 6.45) is 1.90. The van der Waals surface area contributed by atoms with Crippen LogP contribution >= 0.6 is 0 Å². The van der Waals surface area contributed by atoms with E-state index in [-0.39, 0.29) is 55.7 Å². The number of carbonyl (C=O) groups excluding carboxylic acids is 2. The van der Waals surface area contributed by atoms with Crippen LogP contribution in [-0.2, 0) is 19.6 Å². The van der Waals surface area contributed by atoms with E-state index in [2.05, 4.69) is 10.3 Å². The first-order valence-corrected chi connectivity index (χ1v) is 11.7. The van der Waals surface area contributed by atoms with E-state index in [9.17, 15) is 22.4 Å². The van der Waals surface area contributed by atoms with Crippen molar-refractivity contribution in [2.24, 2.45) is 0 Å². The number of rotatable bonds is 6. The van der Waals surface area contributed by atoms with Gasteiger partial charge in [-0.05, 0) is 48.5 Å². The minimum absolute atomic E-state index is 0.0215. The highest BCUT2D eigenvalue weighted by Gasteiger charge is 2.30. The molecule has 8 nitrogen and oxygen atoms in total. The van der Waals surface area contributed by atoms with E-state index in [4.69, 9.17) is 0 Å². The Kier molecular flexibility index (Phi) is 6.24. The lowest BCUT2D eigenvalue weighted by molar-refractivity contribution is -0.133. The number of piperazine rings is 1. The molecule has 0 unspecified atom stereocenters. The van der Waals surface area contributed by atoms with Crippen molar-refractivity contribution in [3.05, 3.63) is 60.5 Å². The second-order valence-corrected chi connectivity index (χ2v) is 9.50. The molecular formula is C22H23FN4O4S. The molecule has 1 aromatic heterocycles. The number of aromatic nitrogens is 1. The van der Waals surface area contributed by atoms with E-state index in [0.717, 1.165) is 23.0 Å². The van der Waals surface area contributed by atoms with Gasteiger partial charge in [-0.3, -0.25) is 9.59 Å². The molecule has 2 amide bonds. The summed E-state index contributed by atoms with van der Waals surface area (Å²) in [5, 5.41) is 3.77. The molecule has 1 aliphatic rings. The number of benzene rings is 2. The Labute approximate surface area is 185 Å². The minimum atomic E-state index is -3.74. The largest absolute Gasteiger partial charge is 0.361 e. The van der Waals surface area contributed by atoms with Crippen LogP contribution in [0.1, 0.15) is 12.8 Å². The molecule has 0 atom stereocenters. The van der Waals surface area contributed by atoms with Gasteiger partial charge >= 0.3 is 0 Å². The molecule has 2 aromatic carbocycles. The summed E-state index contributed by atoms with van der Waals surface area (Å²) in [6, 6.07) is 12.1. The SMILES string of the molecule is O=C(CCC(=O)N1CCN(S(=O)(=O)c2ccc(F)cc2)CC1)Nc1ccc2[nH]ccc2c1. The van der Waals surface area contributed by atoms with Crippen molar-refractivity contribution in [3.63, 3.8) is 0 Å². The molecule has 0 aliphatic carbocycles. The summed E-state index contributed by atoms with van der Waals surface area (Å²) in [5.74, 6) is -0.959. The zero-order chi connectivity index (χ0) is 22.7. The highest BCUT2D eigenvalue weighted by atomic mass is 32.2. The van der Waals surface area contributed by atoms with E-state index in [1.807, 2.05) is 24.4 Å². The quantitative estimate of drug-likeness (QED) is 0.593. The maximum Gasteiger partial charge on any atom is 0.243 e. The molecule has 1 saturated heterocycles. The molecule has 3 aromatic rings. The summed E-state index contributed by atoms with van der Waals surface area (Å²) in [7, 11) is -3.74. The third kappa shape index (κ3) is 4.81. The lowest BCUT2D eigenvalue weighted by Gasteiger charge is -2.34. The van der Waals surface area contributed by atoms with Crippen LogP contribution in [0.2, 0.25) is 0 Å². The minimum Gasteiger partial charge on any atom is -0.361 e. The van der Waals surface area contributed by atoms with Crippen LogP contribution in [-0.4, -0.2) is 60.6 Å². The smallest absolute Gasteiger partial charge is 0.243 e. The van der Waals surface area contributed by atoms with Gasteiger partial charge in [-0.1, -0.05) is 0 Å². The van der Waals surface area contributed by atoms with Gasteiger partial charge in [-0.15, -0.1) is 0 Å². The molecule has 0 radical (unpaired) electrons. The Bertz CT molecular complexity index is 1230. The van der Waals surface area contributed by atoms with Gasteiger partial charge in [0.25, 0.3) is 0 Å². The number of carbonyl (C=O) groups is 2. The van der Waals surface area contributed by atoms with Gasteiger partial charge in [-0.2, -0.15) is 4.31 Å². The average molecular weight is 459 g/mol. The molecule has 0 bridgehead atoms. The molecule has 4 rings (SSSR count). The third-order valence-electron chi connectivity index (χ3n) is 5.45.